The number of pyridine rings is 1. The molecular formula is C35H47Cl2FeN3. The van der Waals surface area contributed by atoms with Gasteiger partial charge in [-0.1, -0.05) is 106 Å². The van der Waals surface area contributed by atoms with E-state index < -0.39 is 0 Å². The van der Waals surface area contributed by atoms with E-state index in [0.29, 0.717) is 23.7 Å². The molecule has 0 fully saturated rings. The van der Waals surface area contributed by atoms with Crippen molar-refractivity contribution in [3.8, 4) is 0 Å². The molecule has 0 radical (unpaired) electrons. The average Bonchev–Trinajstić information content (AvgIpc) is 2.89. The first-order valence-electron chi connectivity index (χ1n) is 14.5. The van der Waals surface area contributed by atoms with Crippen molar-refractivity contribution >= 4 is 22.8 Å². The van der Waals surface area contributed by atoms with Crippen LogP contribution in [0.15, 0.2) is 64.7 Å². The van der Waals surface area contributed by atoms with Crippen molar-refractivity contribution in [2.75, 3.05) is 0 Å². The van der Waals surface area contributed by atoms with Gasteiger partial charge in [-0.2, -0.15) is 0 Å². The number of nitrogens with zero attached hydrogens (tertiary/aromatic N) is 3. The Morgan fingerprint density at radius 1 is 0.585 bits per heavy atom. The minimum atomic E-state index is 0. The Kier molecular flexibility index (Phi) is 17.0. The van der Waals surface area contributed by atoms with Crippen molar-refractivity contribution in [2.24, 2.45) is 9.98 Å². The van der Waals surface area contributed by atoms with Gasteiger partial charge in [-0.05, 0) is 70.9 Å². The molecule has 0 bridgehead atoms. The molecule has 41 heavy (non-hydrogen) atoms. The minimum absolute atomic E-state index is 0. The van der Waals surface area contributed by atoms with Crippen molar-refractivity contribution in [2.45, 2.75) is 106 Å². The molecule has 0 atom stereocenters. The number of para-hydroxylation sites is 2. The molecule has 0 aliphatic heterocycles. The van der Waals surface area contributed by atoms with E-state index in [4.69, 9.17) is 15.0 Å². The third-order valence-electron chi connectivity index (χ3n) is 7.24. The van der Waals surface area contributed by atoms with Crippen molar-refractivity contribution in [1.82, 2.24) is 4.98 Å². The fourth-order valence-electron chi connectivity index (χ4n) is 5.05. The molecule has 1 heterocycles. The number of aromatic nitrogens is 1. The largest absolute Gasteiger partial charge is 2.00 e. The number of aliphatic imine (C=N–C) groups is 2. The van der Waals surface area contributed by atoms with Gasteiger partial charge < -0.3 is 24.8 Å². The van der Waals surface area contributed by atoms with E-state index in [1.165, 1.54) is 22.3 Å². The van der Waals surface area contributed by atoms with E-state index in [1.807, 2.05) is 12.3 Å². The Hall–Kier alpha value is -1.97. The zero-order chi connectivity index (χ0) is 28.0. The van der Waals surface area contributed by atoms with Gasteiger partial charge in [0.05, 0.1) is 28.5 Å². The third kappa shape index (κ3) is 9.26. The van der Waals surface area contributed by atoms with Crippen molar-refractivity contribution < 1.29 is 41.9 Å². The molecule has 6 heteroatoms. The SMILES string of the molecule is CCC(=Nc1c(C(C)C)cccc1C(C)C)c1cccnc1C(CC)=Nc1c(C(C)C)cccc1C(C)C.[Cl-].[Cl-].[Fe+2]. The first-order chi connectivity index (χ1) is 18.1. The van der Waals surface area contributed by atoms with Gasteiger partial charge in [0.25, 0.3) is 0 Å². The maximum absolute atomic E-state index is 5.39. The zero-order valence-electron chi connectivity index (χ0n) is 26.4. The molecule has 0 N–H and O–H groups in total. The maximum atomic E-state index is 5.39. The fraction of sp³-hybridized carbons (Fsp3) is 0.457. The van der Waals surface area contributed by atoms with Crippen LogP contribution >= 0.6 is 0 Å². The summed E-state index contributed by atoms with van der Waals surface area (Å²) in [6, 6.07) is 17.4. The van der Waals surface area contributed by atoms with Crippen LogP contribution in [-0.4, -0.2) is 16.4 Å². The van der Waals surface area contributed by atoms with Crippen LogP contribution in [0.3, 0.4) is 0 Å². The van der Waals surface area contributed by atoms with Gasteiger partial charge in [-0.3, -0.25) is 15.0 Å². The third-order valence-corrected chi connectivity index (χ3v) is 7.24. The summed E-state index contributed by atoms with van der Waals surface area (Å²) in [4.78, 5) is 15.7. The molecule has 0 aliphatic rings. The van der Waals surface area contributed by atoms with Gasteiger partial charge in [0.15, 0.2) is 0 Å². The topological polar surface area (TPSA) is 37.6 Å². The van der Waals surface area contributed by atoms with Crippen LogP contribution < -0.4 is 24.8 Å². The number of hydrogen-bond acceptors (Lipinski definition) is 3. The monoisotopic (exact) mass is 635 g/mol. The van der Waals surface area contributed by atoms with Crippen molar-refractivity contribution in [3.63, 3.8) is 0 Å². The normalized spacial score (nSPS) is 12.0. The van der Waals surface area contributed by atoms with Gasteiger partial charge in [-0.25, -0.2) is 0 Å². The first kappa shape index (κ1) is 39.0. The number of benzene rings is 2. The molecule has 3 aromatic rings. The molecule has 3 nitrogen and oxygen atoms in total. The van der Waals surface area contributed by atoms with Gasteiger partial charge in [0.2, 0.25) is 0 Å². The molecular weight excluding hydrogens is 589 g/mol. The van der Waals surface area contributed by atoms with E-state index in [1.54, 1.807) is 0 Å². The van der Waals surface area contributed by atoms with Crippen LogP contribution in [0.2, 0.25) is 0 Å². The molecule has 0 saturated carbocycles. The number of rotatable bonds is 10. The average molecular weight is 637 g/mol. The zero-order valence-corrected chi connectivity index (χ0v) is 29.0. The summed E-state index contributed by atoms with van der Waals surface area (Å²) in [5.41, 5.74) is 11.5. The summed E-state index contributed by atoms with van der Waals surface area (Å²) < 4.78 is 0. The van der Waals surface area contributed by atoms with E-state index in [2.05, 4.69) is 112 Å². The van der Waals surface area contributed by atoms with E-state index in [-0.39, 0.29) is 41.9 Å². The van der Waals surface area contributed by atoms with E-state index in [9.17, 15) is 0 Å². The summed E-state index contributed by atoms with van der Waals surface area (Å²) >= 11 is 0. The number of halogens is 2. The quantitative estimate of drug-likeness (QED) is 0.236. The van der Waals surface area contributed by atoms with Crippen molar-refractivity contribution in [3.05, 3.63) is 88.2 Å². The Morgan fingerprint density at radius 2 is 0.951 bits per heavy atom. The summed E-state index contributed by atoms with van der Waals surface area (Å²) in [6.45, 7) is 22.4. The Balaban J connectivity index is 0.00000533. The van der Waals surface area contributed by atoms with Crippen LogP contribution in [0.4, 0.5) is 11.4 Å². The maximum Gasteiger partial charge on any atom is 2.00 e. The molecule has 3 rings (SSSR count). The molecule has 0 saturated heterocycles. The van der Waals surface area contributed by atoms with Crippen LogP contribution in [0.25, 0.3) is 0 Å². The summed E-state index contributed by atoms with van der Waals surface area (Å²) in [5.74, 6) is 1.58. The van der Waals surface area contributed by atoms with Gasteiger partial charge in [-0.15, -0.1) is 0 Å². The van der Waals surface area contributed by atoms with Gasteiger partial charge in [0.1, 0.15) is 0 Å². The smallest absolute Gasteiger partial charge is 1.00 e. The van der Waals surface area contributed by atoms with E-state index in [0.717, 1.165) is 46.9 Å². The van der Waals surface area contributed by atoms with Crippen LogP contribution in [0.5, 0.6) is 0 Å². The first-order valence-corrected chi connectivity index (χ1v) is 14.5. The van der Waals surface area contributed by atoms with Crippen LogP contribution in [0.1, 0.15) is 139 Å². The molecule has 224 valence electrons. The molecule has 0 unspecified atom stereocenters. The van der Waals surface area contributed by atoms with Crippen LogP contribution in [0, 0.1) is 0 Å². The molecule has 0 spiro atoms. The predicted octanol–water partition coefficient (Wildman–Crippen LogP) is 4.64. The van der Waals surface area contributed by atoms with Crippen molar-refractivity contribution in [1.29, 1.82) is 0 Å². The fourth-order valence-corrected chi connectivity index (χ4v) is 5.05. The Bertz CT molecular complexity index is 1160. The molecule has 1 aromatic heterocycles. The molecule has 2 aromatic carbocycles. The summed E-state index contributed by atoms with van der Waals surface area (Å²) in [6.07, 6.45) is 3.50. The summed E-state index contributed by atoms with van der Waals surface area (Å²) in [7, 11) is 0. The Labute approximate surface area is 272 Å². The molecule has 0 amide bonds. The minimum Gasteiger partial charge on any atom is -1.00 e. The van der Waals surface area contributed by atoms with Crippen LogP contribution in [-0.2, 0) is 17.1 Å². The van der Waals surface area contributed by atoms with Gasteiger partial charge >= 0.3 is 17.1 Å². The summed E-state index contributed by atoms with van der Waals surface area (Å²) in [5, 5.41) is 0. The van der Waals surface area contributed by atoms with E-state index >= 15 is 0 Å². The second-order valence-electron chi connectivity index (χ2n) is 11.4. The number of hydrogen-bond donors (Lipinski definition) is 0. The van der Waals surface area contributed by atoms with Gasteiger partial charge in [0, 0.05) is 11.8 Å². The predicted molar refractivity (Wildman–Crippen MR) is 166 cm³/mol. The second-order valence-corrected chi connectivity index (χ2v) is 11.4. The second kappa shape index (κ2) is 17.9. The standard InChI is InChI=1S/C35H47N3.2ClH.Fe/c1-11-31(37-33-26(22(3)4)16-13-17-27(33)23(5)6)30-20-15-21-36-35(30)32(12-2)38-34-28(24(7)8)18-14-19-29(34)25(9)10;;;/h13-25H,11-12H2,1-10H3;2*1H;/q;;;+2/p-2. The Morgan fingerprint density at radius 3 is 1.29 bits per heavy atom. The molecule has 0 aliphatic carbocycles.